The van der Waals surface area contributed by atoms with E-state index in [4.69, 9.17) is 25.8 Å². The number of rotatable bonds is 10. The van der Waals surface area contributed by atoms with Crippen LogP contribution in [-0.2, 0) is 0 Å². The van der Waals surface area contributed by atoms with Gasteiger partial charge in [-0.3, -0.25) is 0 Å². The van der Waals surface area contributed by atoms with E-state index in [1.165, 1.54) is 12.4 Å². The fourth-order valence-corrected chi connectivity index (χ4v) is 4.17. The lowest BCUT2D eigenvalue weighted by Crippen LogP contribution is -2.14. The summed E-state index contributed by atoms with van der Waals surface area (Å²) in [5.41, 5.74) is 1.57. The smallest absolute Gasteiger partial charge is 0.238 e. The second-order valence-electron chi connectivity index (χ2n) is 8.60. The van der Waals surface area contributed by atoms with Crippen LogP contribution in [0.25, 0.3) is 16.6 Å². The molecule has 1 N–H and O–H groups in total. The summed E-state index contributed by atoms with van der Waals surface area (Å²) in [6.07, 6.45) is 6.45. The Morgan fingerprint density at radius 2 is 1.85 bits per heavy atom. The lowest BCUT2D eigenvalue weighted by atomic mass is 10.1. The Balaban J connectivity index is 1.37. The SMILES string of the molecule is CCC(CC)Oc1cc2c(Nc3ccc(Oc4ccn(-c5ccnc(Cl)c5)n4)cc3F)ncnc2cc1OC. The maximum atomic E-state index is 15.1. The fourth-order valence-electron chi connectivity index (χ4n) is 4.00. The maximum Gasteiger partial charge on any atom is 0.238 e. The number of ether oxygens (including phenoxy) is 3. The molecule has 5 aromatic rings. The number of methoxy groups -OCH3 is 1. The third kappa shape index (κ3) is 5.85. The summed E-state index contributed by atoms with van der Waals surface area (Å²) in [6, 6.07) is 13.2. The predicted octanol–water partition coefficient (Wildman–Crippen LogP) is 7.11. The van der Waals surface area contributed by atoms with Crippen LogP contribution < -0.4 is 19.5 Å². The van der Waals surface area contributed by atoms with Gasteiger partial charge in [0.2, 0.25) is 5.88 Å². The molecule has 0 radical (unpaired) electrons. The van der Waals surface area contributed by atoms with Crippen molar-refractivity contribution < 1.29 is 18.6 Å². The van der Waals surface area contributed by atoms with Gasteiger partial charge in [0.05, 0.1) is 30.1 Å². The largest absolute Gasteiger partial charge is 0.493 e. The normalized spacial score (nSPS) is 11.1. The minimum atomic E-state index is -0.526. The summed E-state index contributed by atoms with van der Waals surface area (Å²) in [7, 11) is 1.58. The lowest BCUT2D eigenvalue weighted by Gasteiger charge is -2.19. The highest BCUT2D eigenvalue weighted by Gasteiger charge is 2.16. The number of hydrogen-bond donors (Lipinski definition) is 1. The highest BCUT2D eigenvalue weighted by Crippen LogP contribution is 2.36. The van der Waals surface area contributed by atoms with Crippen LogP contribution >= 0.6 is 11.6 Å². The number of nitrogens with zero attached hydrogens (tertiary/aromatic N) is 5. The molecule has 0 aliphatic heterocycles. The lowest BCUT2D eigenvalue weighted by molar-refractivity contribution is 0.185. The van der Waals surface area contributed by atoms with Crippen molar-refractivity contribution in [1.29, 1.82) is 0 Å². The molecule has 5 rings (SSSR count). The minimum Gasteiger partial charge on any atom is -0.493 e. The molecule has 39 heavy (non-hydrogen) atoms. The summed E-state index contributed by atoms with van der Waals surface area (Å²) in [5, 5.41) is 8.44. The predicted molar refractivity (Wildman–Crippen MR) is 147 cm³/mol. The first-order valence-electron chi connectivity index (χ1n) is 12.4. The van der Waals surface area contributed by atoms with E-state index in [9.17, 15) is 0 Å². The zero-order chi connectivity index (χ0) is 27.4. The summed E-state index contributed by atoms with van der Waals surface area (Å²) >= 11 is 5.96. The van der Waals surface area contributed by atoms with Gasteiger partial charge in [-0.05, 0) is 37.1 Å². The molecule has 2 aromatic carbocycles. The van der Waals surface area contributed by atoms with E-state index in [-0.39, 0.29) is 17.5 Å². The molecule has 0 bridgehead atoms. The van der Waals surface area contributed by atoms with Crippen LogP contribution in [0.15, 0.2) is 67.3 Å². The first-order valence-corrected chi connectivity index (χ1v) is 12.8. The van der Waals surface area contributed by atoms with Gasteiger partial charge in [-0.1, -0.05) is 25.4 Å². The van der Waals surface area contributed by atoms with Crippen LogP contribution in [-0.4, -0.2) is 37.9 Å². The monoisotopic (exact) mass is 548 g/mol. The van der Waals surface area contributed by atoms with Gasteiger partial charge in [0.15, 0.2) is 11.5 Å². The Bertz CT molecular complexity index is 1610. The molecule has 11 heteroatoms. The van der Waals surface area contributed by atoms with Crippen LogP contribution in [0.1, 0.15) is 26.7 Å². The average Bonchev–Trinajstić information content (AvgIpc) is 3.41. The first-order chi connectivity index (χ1) is 19.0. The Hall–Kier alpha value is -4.44. The van der Waals surface area contributed by atoms with Crippen molar-refractivity contribution in [3.63, 3.8) is 0 Å². The van der Waals surface area contributed by atoms with E-state index in [1.807, 2.05) is 6.07 Å². The number of aromatic nitrogens is 5. The van der Waals surface area contributed by atoms with Gasteiger partial charge in [-0.15, -0.1) is 5.10 Å². The molecule has 3 heterocycles. The Morgan fingerprint density at radius 3 is 2.59 bits per heavy atom. The summed E-state index contributed by atoms with van der Waals surface area (Å²) in [5.74, 6) is 1.63. The number of pyridine rings is 1. The van der Waals surface area contributed by atoms with E-state index in [1.54, 1.807) is 60.6 Å². The van der Waals surface area contributed by atoms with Crippen molar-refractivity contribution in [3.05, 3.63) is 78.2 Å². The number of hydrogen-bond acceptors (Lipinski definition) is 8. The quantitative estimate of drug-likeness (QED) is 0.184. The topological polar surface area (TPSA) is 96.2 Å². The zero-order valence-corrected chi connectivity index (χ0v) is 22.3. The van der Waals surface area contributed by atoms with E-state index >= 15 is 4.39 Å². The first kappa shape index (κ1) is 26.2. The highest BCUT2D eigenvalue weighted by molar-refractivity contribution is 6.29. The zero-order valence-electron chi connectivity index (χ0n) is 21.6. The standard InChI is InChI=1S/C28H26ClFN6O3/c1-4-18(5-2)38-25-14-20-23(15-24(25)37-3)32-16-33-28(20)34-22-7-6-19(13-21(22)30)39-27-9-11-36(35-27)17-8-10-31-26(29)12-17/h6-16,18H,4-5H2,1-3H3,(H,32,33,34). The van der Waals surface area contributed by atoms with Gasteiger partial charge in [0.1, 0.15) is 28.9 Å². The number of fused-ring (bicyclic) bond motifs is 1. The molecule has 9 nitrogen and oxygen atoms in total. The van der Waals surface area contributed by atoms with Gasteiger partial charge >= 0.3 is 0 Å². The van der Waals surface area contributed by atoms with Gasteiger partial charge in [0, 0.05) is 42.0 Å². The number of benzene rings is 2. The van der Waals surface area contributed by atoms with Gasteiger partial charge < -0.3 is 19.5 Å². The molecule has 0 spiro atoms. The van der Waals surface area contributed by atoms with E-state index in [0.717, 1.165) is 18.5 Å². The highest BCUT2D eigenvalue weighted by atomic mass is 35.5. The third-order valence-corrected chi connectivity index (χ3v) is 6.29. The van der Waals surface area contributed by atoms with Crippen molar-refractivity contribution in [2.24, 2.45) is 0 Å². The summed E-state index contributed by atoms with van der Waals surface area (Å²) in [6.45, 7) is 4.13. The molecule has 0 fully saturated rings. The number of nitrogens with one attached hydrogen (secondary N) is 1. The van der Waals surface area contributed by atoms with Crippen LogP contribution in [0.3, 0.4) is 0 Å². The van der Waals surface area contributed by atoms with Crippen LogP contribution in [0, 0.1) is 5.82 Å². The van der Waals surface area contributed by atoms with E-state index in [0.29, 0.717) is 39.3 Å². The molecule has 0 atom stereocenters. The molecular formula is C28H26ClFN6O3. The Morgan fingerprint density at radius 1 is 1.00 bits per heavy atom. The second-order valence-corrected chi connectivity index (χ2v) is 8.99. The molecule has 0 saturated heterocycles. The Kier molecular flexibility index (Phi) is 7.74. The number of anilines is 2. The van der Waals surface area contributed by atoms with Crippen LogP contribution in [0.4, 0.5) is 15.9 Å². The molecular weight excluding hydrogens is 523 g/mol. The van der Waals surface area contributed by atoms with Crippen molar-refractivity contribution in [2.75, 3.05) is 12.4 Å². The van der Waals surface area contributed by atoms with Crippen molar-refractivity contribution in [1.82, 2.24) is 24.7 Å². The average molecular weight is 549 g/mol. The van der Waals surface area contributed by atoms with Crippen LogP contribution in [0.5, 0.6) is 23.1 Å². The molecule has 3 aromatic heterocycles. The van der Waals surface area contributed by atoms with Crippen molar-refractivity contribution >= 4 is 34.0 Å². The summed E-state index contributed by atoms with van der Waals surface area (Å²) in [4.78, 5) is 12.6. The van der Waals surface area contributed by atoms with E-state index < -0.39 is 5.82 Å². The van der Waals surface area contributed by atoms with E-state index in [2.05, 4.69) is 39.2 Å². The fraction of sp³-hybridized carbons (Fsp3) is 0.214. The Labute approximate surface area is 229 Å². The van der Waals surface area contributed by atoms with Gasteiger partial charge in [-0.2, -0.15) is 0 Å². The summed E-state index contributed by atoms with van der Waals surface area (Å²) < 4.78 is 34.2. The molecule has 0 unspecified atom stereocenters. The van der Waals surface area contributed by atoms with Crippen molar-refractivity contribution in [3.8, 4) is 28.8 Å². The maximum absolute atomic E-state index is 15.1. The second kappa shape index (κ2) is 11.5. The third-order valence-electron chi connectivity index (χ3n) is 6.08. The van der Waals surface area contributed by atoms with Crippen molar-refractivity contribution in [2.45, 2.75) is 32.8 Å². The van der Waals surface area contributed by atoms with Gasteiger partial charge in [-0.25, -0.2) is 24.0 Å². The number of halogens is 2. The minimum absolute atomic E-state index is 0.0382. The van der Waals surface area contributed by atoms with Gasteiger partial charge in [0.25, 0.3) is 0 Å². The van der Waals surface area contributed by atoms with Crippen LogP contribution in [0.2, 0.25) is 5.15 Å². The molecule has 0 aliphatic carbocycles. The molecule has 0 aliphatic rings. The molecule has 200 valence electrons. The molecule has 0 saturated carbocycles. The molecule has 0 amide bonds.